The Hall–Kier alpha value is -2.63. The molecule has 0 saturated carbocycles. The molecule has 2 saturated heterocycles. The van der Waals surface area contributed by atoms with Crippen molar-refractivity contribution in [1.82, 2.24) is 9.80 Å². The number of para-hydroxylation sites is 1. The largest absolute Gasteiger partial charge is 0.392 e. The predicted molar refractivity (Wildman–Crippen MR) is 138 cm³/mol. The molecule has 2 aromatic rings. The van der Waals surface area contributed by atoms with E-state index in [9.17, 15) is 9.90 Å². The van der Waals surface area contributed by atoms with Crippen molar-refractivity contribution in [1.29, 1.82) is 0 Å². The van der Waals surface area contributed by atoms with Crippen LogP contribution in [0.25, 0.3) is 6.08 Å². The average Bonchev–Trinajstić information content (AvgIpc) is 3.23. The number of anilines is 1. The van der Waals surface area contributed by atoms with Crippen molar-refractivity contribution in [2.24, 2.45) is 5.92 Å². The molecule has 5 nitrogen and oxygen atoms in total. The highest BCUT2D eigenvalue weighted by atomic mass is 16.3. The van der Waals surface area contributed by atoms with Gasteiger partial charge in [0.15, 0.2) is 0 Å². The molecule has 1 amide bonds. The van der Waals surface area contributed by atoms with Gasteiger partial charge in [0.05, 0.1) is 6.10 Å². The van der Waals surface area contributed by atoms with Crippen molar-refractivity contribution in [2.45, 2.75) is 44.1 Å². The fourth-order valence-electron chi connectivity index (χ4n) is 5.94. The molecule has 2 fully saturated rings. The molecule has 3 aliphatic rings. The third kappa shape index (κ3) is 4.91. The molecule has 2 aromatic carbocycles. The van der Waals surface area contributed by atoms with Crippen LogP contribution in [0, 0.1) is 12.8 Å². The number of aryl methyl sites for hydroxylation is 1. The maximum Gasteiger partial charge on any atom is 0.246 e. The fourth-order valence-corrected chi connectivity index (χ4v) is 5.94. The molecule has 34 heavy (non-hydrogen) atoms. The van der Waals surface area contributed by atoms with Crippen molar-refractivity contribution in [3.05, 3.63) is 71.3 Å². The van der Waals surface area contributed by atoms with Crippen molar-refractivity contribution in [2.75, 3.05) is 44.6 Å². The lowest BCUT2D eigenvalue weighted by Crippen LogP contribution is -2.48. The summed E-state index contributed by atoms with van der Waals surface area (Å²) in [5.41, 5.74) is 5.30. The highest BCUT2D eigenvalue weighted by molar-refractivity contribution is 5.91. The van der Waals surface area contributed by atoms with Crippen LogP contribution in [0.5, 0.6) is 0 Å². The normalized spacial score (nSPS) is 21.5. The van der Waals surface area contributed by atoms with E-state index in [0.29, 0.717) is 0 Å². The summed E-state index contributed by atoms with van der Waals surface area (Å²) < 4.78 is 0. The lowest BCUT2D eigenvalue weighted by Gasteiger charge is -2.41. The van der Waals surface area contributed by atoms with Crippen molar-refractivity contribution in [3.63, 3.8) is 0 Å². The molecule has 0 aliphatic carbocycles. The molecule has 0 bridgehead atoms. The Balaban J connectivity index is 1.07. The van der Waals surface area contributed by atoms with Crippen LogP contribution in [0.1, 0.15) is 42.4 Å². The number of β-amino-alcohol motifs (C(OH)–C–C–N with tert-alkyl or cyclic N) is 1. The molecule has 5 heteroatoms. The van der Waals surface area contributed by atoms with Crippen molar-refractivity contribution >= 4 is 17.7 Å². The molecule has 2 N–H and O–H groups in total. The van der Waals surface area contributed by atoms with Gasteiger partial charge in [0, 0.05) is 43.4 Å². The first-order chi connectivity index (χ1) is 16.5. The predicted octanol–water partition coefficient (Wildman–Crippen LogP) is 4.07. The molecule has 5 rings (SSSR count). The first kappa shape index (κ1) is 23.1. The Morgan fingerprint density at radius 2 is 1.79 bits per heavy atom. The molecule has 0 aromatic heterocycles. The number of amides is 1. The van der Waals surface area contributed by atoms with Gasteiger partial charge in [-0.05, 0) is 74.9 Å². The lowest BCUT2D eigenvalue weighted by atomic mass is 9.74. The first-order valence-electron chi connectivity index (χ1n) is 12.8. The Morgan fingerprint density at radius 1 is 1.09 bits per heavy atom. The quantitative estimate of drug-likeness (QED) is 0.662. The molecule has 0 radical (unpaired) electrons. The fraction of sp³-hybridized carbons (Fsp3) is 0.483. The number of likely N-dealkylation sites (tertiary alicyclic amines) is 2. The zero-order valence-corrected chi connectivity index (χ0v) is 20.2. The van der Waals surface area contributed by atoms with Crippen LogP contribution in [0.3, 0.4) is 0 Å². The summed E-state index contributed by atoms with van der Waals surface area (Å²) in [6.45, 7) is 7.37. The van der Waals surface area contributed by atoms with E-state index in [0.717, 1.165) is 70.5 Å². The van der Waals surface area contributed by atoms with Crippen molar-refractivity contribution in [3.8, 4) is 0 Å². The standard InChI is InChI=1S/C29H37N3O2/c1-22-6-8-23(9-7-22)10-11-28(34)32-16-12-24(13-17-32)27(33)20-31-18-14-29(15-19-31)21-30-26-5-3-2-4-25(26)29/h2-11,24,27,30,33H,12-21H2,1H3. The molecular formula is C29H37N3O2. The van der Waals surface area contributed by atoms with Crippen LogP contribution in [-0.4, -0.2) is 66.2 Å². The number of fused-ring (bicyclic) bond motifs is 2. The SMILES string of the molecule is Cc1ccc(C=CC(=O)N2CCC(C(O)CN3CCC4(CC3)CNc3ccccc34)CC2)cc1. The van der Waals surface area contributed by atoms with E-state index in [2.05, 4.69) is 53.5 Å². The smallest absolute Gasteiger partial charge is 0.246 e. The van der Waals surface area contributed by atoms with Gasteiger partial charge in [-0.1, -0.05) is 48.0 Å². The number of nitrogens with zero attached hydrogens (tertiary/aromatic N) is 2. The summed E-state index contributed by atoms with van der Waals surface area (Å²) in [6.07, 6.45) is 7.29. The van der Waals surface area contributed by atoms with Gasteiger partial charge in [0.1, 0.15) is 0 Å². The van der Waals surface area contributed by atoms with Crippen LogP contribution in [-0.2, 0) is 10.2 Å². The van der Waals surface area contributed by atoms with Crippen LogP contribution in [0.15, 0.2) is 54.6 Å². The summed E-state index contributed by atoms with van der Waals surface area (Å²) >= 11 is 0. The molecule has 3 aliphatic heterocycles. The number of rotatable bonds is 5. The topological polar surface area (TPSA) is 55.8 Å². The number of piperidine rings is 2. The Morgan fingerprint density at radius 3 is 2.53 bits per heavy atom. The summed E-state index contributed by atoms with van der Waals surface area (Å²) in [7, 11) is 0. The molecule has 180 valence electrons. The van der Waals surface area contributed by atoms with Gasteiger partial charge < -0.3 is 20.2 Å². The first-order valence-corrected chi connectivity index (χ1v) is 12.8. The van der Waals surface area contributed by atoms with Crippen molar-refractivity contribution < 1.29 is 9.90 Å². The number of aliphatic hydroxyl groups excluding tert-OH is 1. The van der Waals surface area contributed by atoms with Crippen LogP contribution >= 0.6 is 0 Å². The second-order valence-corrected chi connectivity index (χ2v) is 10.5. The number of benzene rings is 2. The second-order valence-electron chi connectivity index (χ2n) is 10.5. The van der Waals surface area contributed by atoms with Gasteiger partial charge in [-0.25, -0.2) is 0 Å². The third-order valence-electron chi connectivity index (χ3n) is 8.27. The average molecular weight is 460 g/mol. The van der Waals surface area contributed by atoms with E-state index in [4.69, 9.17) is 0 Å². The van der Waals surface area contributed by atoms with Gasteiger partial charge in [0.25, 0.3) is 0 Å². The number of hydrogen-bond acceptors (Lipinski definition) is 4. The zero-order valence-electron chi connectivity index (χ0n) is 20.2. The minimum Gasteiger partial charge on any atom is -0.392 e. The van der Waals surface area contributed by atoms with Gasteiger partial charge in [0.2, 0.25) is 5.91 Å². The van der Waals surface area contributed by atoms with Gasteiger partial charge >= 0.3 is 0 Å². The van der Waals surface area contributed by atoms with Crippen LogP contribution in [0.4, 0.5) is 5.69 Å². The van der Waals surface area contributed by atoms with E-state index in [-0.39, 0.29) is 23.3 Å². The molecule has 1 unspecified atom stereocenters. The number of nitrogens with one attached hydrogen (secondary N) is 1. The number of carbonyl (C=O) groups excluding carboxylic acids is 1. The van der Waals surface area contributed by atoms with E-state index >= 15 is 0 Å². The summed E-state index contributed by atoms with van der Waals surface area (Å²) in [5, 5.41) is 14.6. The molecule has 3 heterocycles. The maximum atomic E-state index is 12.6. The molecule has 1 atom stereocenters. The number of aliphatic hydroxyl groups is 1. The zero-order chi connectivity index (χ0) is 23.5. The summed E-state index contributed by atoms with van der Waals surface area (Å²) in [4.78, 5) is 17.0. The highest BCUT2D eigenvalue weighted by Gasteiger charge is 2.41. The highest BCUT2D eigenvalue weighted by Crippen LogP contribution is 2.43. The van der Waals surface area contributed by atoms with Crippen LogP contribution in [0.2, 0.25) is 0 Å². The summed E-state index contributed by atoms with van der Waals surface area (Å²) in [6, 6.07) is 16.9. The minimum absolute atomic E-state index is 0.0697. The summed E-state index contributed by atoms with van der Waals surface area (Å²) in [5.74, 6) is 0.343. The van der Waals surface area contributed by atoms with E-state index < -0.39 is 0 Å². The Bertz CT molecular complexity index is 1020. The number of hydrogen-bond donors (Lipinski definition) is 2. The minimum atomic E-state index is -0.316. The monoisotopic (exact) mass is 459 g/mol. The van der Waals surface area contributed by atoms with Gasteiger partial charge in [-0.2, -0.15) is 0 Å². The molecular weight excluding hydrogens is 422 g/mol. The second kappa shape index (κ2) is 9.93. The maximum absolute atomic E-state index is 12.6. The van der Waals surface area contributed by atoms with Crippen LogP contribution < -0.4 is 5.32 Å². The van der Waals surface area contributed by atoms with E-state index in [1.54, 1.807) is 6.08 Å². The van der Waals surface area contributed by atoms with E-state index in [1.807, 2.05) is 23.1 Å². The Labute approximate surface area is 203 Å². The number of carbonyl (C=O) groups is 1. The molecule has 1 spiro atoms. The Kier molecular flexibility index (Phi) is 6.75. The van der Waals surface area contributed by atoms with Gasteiger partial charge in [-0.3, -0.25) is 4.79 Å². The van der Waals surface area contributed by atoms with E-state index in [1.165, 1.54) is 16.8 Å². The third-order valence-corrected chi connectivity index (χ3v) is 8.27. The van der Waals surface area contributed by atoms with Gasteiger partial charge in [-0.15, -0.1) is 0 Å². The lowest BCUT2D eigenvalue weighted by molar-refractivity contribution is -0.128.